The van der Waals surface area contributed by atoms with Crippen molar-refractivity contribution in [2.75, 3.05) is 32.7 Å². The predicted molar refractivity (Wildman–Crippen MR) is 91.0 cm³/mol. The van der Waals surface area contributed by atoms with Crippen LogP contribution in [0, 0.1) is 0 Å². The standard InChI is InChI=1S/C18H28N4O/c1-15(2)22-8-4-6-17(18(22)23)21-11-9-20(10-12-21)14-16-5-3-7-19-13-16/h3,5,7,13,15,17H,4,6,8-12,14H2,1-2H3. The number of carbonyl (C=O) groups excluding carboxylic acids is 1. The molecule has 5 nitrogen and oxygen atoms in total. The minimum atomic E-state index is 0.103. The Bertz CT molecular complexity index is 511. The van der Waals surface area contributed by atoms with E-state index < -0.39 is 0 Å². The molecule has 0 spiro atoms. The maximum Gasteiger partial charge on any atom is 0.240 e. The van der Waals surface area contributed by atoms with Gasteiger partial charge in [-0.3, -0.25) is 19.6 Å². The summed E-state index contributed by atoms with van der Waals surface area (Å²) in [5.41, 5.74) is 1.26. The molecule has 5 heteroatoms. The smallest absolute Gasteiger partial charge is 0.240 e. The molecule has 126 valence electrons. The third kappa shape index (κ3) is 3.90. The van der Waals surface area contributed by atoms with Gasteiger partial charge in [-0.25, -0.2) is 0 Å². The largest absolute Gasteiger partial charge is 0.339 e. The maximum atomic E-state index is 12.7. The Morgan fingerprint density at radius 3 is 2.65 bits per heavy atom. The molecule has 1 amide bonds. The molecule has 0 bridgehead atoms. The number of aromatic nitrogens is 1. The topological polar surface area (TPSA) is 39.7 Å². The molecule has 2 aliphatic rings. The minimum Gasteiger partial charge on any atom is -0.339 e. The van der Waals surface area contributed by atoms with Crippen LogP contribution in [0.3, 0.4) is 0 Å². The number of rotatable bonds is 4. The Labute approximate surface area is 139 Å². The van der Waals surface area contributed by atoms with Gasteiger partial charge < -0.3 is 4.90 Å². The van der Waals surface area contributed by atoms with Crippen LogP contribution in [0.15, 0.2) is 24.5 Å². The summed E-state index contributed by atoms with van der Waals surface area (Å²) in [7, 11) is 0. The Balaban J connectivity index is 1.53. The zero-order chi connectivity index (χ0) is 16.2. The lowest BCUT2D eigenvalue weighted by Crippen LogP contribution is -2.58. The van der Waals surface area contributed by atoms with E-state index in [4.69, 9.17) is 0 Å². The molecule has 0 aliphatic carbocycles. The summed E-state index contributed by atoms with van der Waals surface area (Å²) in [6, 6.07) is 4.54. The highest BCUT2D eigenvalue weighted by atomic mass is 16.2. The van der Waals surface area contributed by atoms with Gasteiger partial charge in [0, 0.05) is 57.7 Å². The van der Waals surface area contributed by atoms with Crippen LogP contribution in [-0.4, -0.2) is 70.4 Å². The highest BCUT2D eigenvalue weighted by molar-refractivity contribution is 5.82. The van der Waals surface area contributed by atoms with Crippen molar-refractivity contribution in [1.82, 2.24) is 19.7 Å². The Kier molecular flexibility index (Phi) is 5.28. The first kappa shape index (κ1) is 16.4. The lowest BCUT2D eigenvalue weighted by atomic mass is 10.0. The zero-order valence-electron chi connectivity index (χ0n) is 14.3. The molecule has 0 saturated carbocycles. The first-order valence-electron chi connectivity index (χ1n) is 8.81. The van der Waals surface area contributed by atoms with Crippen LogP contribution < -0.4 is 0 Å². The highest BCUT2D eigenvalue weighted by Gasteiger charge is 2.35. The Morgan fingerprint density at radius 1 is 1.22 bits per heavy atom. The van der Waals surface area contributed by atoms with Gasteiger partial charge in [-0.1, -0.05) is 6.07 Å². The predicted octanol–water partition coefficient (Wildman–Crippen LogP) is 1.60. The Morgan fingerprint density at radius 2 is 2.00 bits per heavy atom. The molecule has 1 aromatic rings. The van der Waals surface area contributed by atoms with Gasteiger partial charge >= 0.3 is 0 Å². The Hall–Kier alpha value is -1.46. The third-order valence-electron chi connectivity index (χ3n) is 5.04. The van der Waals surface area contributed by atoms with Gasteiger partial charge in [0.2, 0.25) is 5.91 Å². The molecule has 0 aromatic carbocycles. The summed E-state index contributed by atoms with van der Waals surface area (Å²) < 4.78 is 0. The number of hydrogen-bond donors (Lipinski definition) is 0. The molecule has 1 atom stereocenters. The quantitative estimate of drug-likeness (QED) is 0.846. The van der Waals surface area contributed by atoms with Crippen molar-refractivity contribution in [3.63, 3.8) is 0 Å². The van der Waals surface area contributed by atoms with E-state index in [9.17, 15) is 4.79 Å². The highest BCUT2D eigenvalue weighted by Crippen LogP contribution is 2.21. The van der Waals surface area contributed by atoms with E-state index in [1.807, 2.05) is 18.5 Å². The molecule has 2 aliphatic heterocycles. The second-order valence-electron chi connectivity index (χ2n) is 6.96. The summed E-state index contributed by atoms with van der Waals surface area (Å²) in [4.78, 5) is 23.8. The fourth-order valence-corrected chi connectivity index (χ4v) is 3.71. The number of nitrogens with zero attached hydrogens (tertiary/aromatic N) is 4. The summed E-state index contributed by atoms with van der Waals surface area (Å²) in [6.45, 7) is 10.1. The van der Waals surface area contributed by atoms with Crippen LogP contribution >= 0.6 is 0 Å². The van der Waals surface area contributed by atoms with Crippen LogP contribution in [0.2, 0.25) is 0 Å². The second kappa shape index (κ2) is 7.41. The normalized spacial score (nSPS) is 24.4. The van der Waals surface area contributed by atoms with Gasteiger partial charge in [-0.15, -0.1) is 0 Å². The summed E-state index contributed by atoms with van der Waals surface area (Å²) in [5, 5.41) is 0. The molecule has 1 aromatic heterocycles. The monoisotopic (exact) mass is 316 g/mol. The van der Waals surface area contributed by atoms with E-state index in [-0.39, 0.29) is 6.04 Å². The van der Waals surface area contributed by atoms with Gasteiger partial charge in [0.1, 0.15) is 0 Å². The van der Waals surface area contributed by atoms with E-state index in [1.54, 1.807) is 0 Å². The van der Waals surface area contributed by atoms with Crippen molar-refractivity contribution in [3.8, 4) is 0 Å². The fourth-order valence-electron chi connectivity index (χ4n) is 3.71. The molecule has 3 heterocycles. The number of likely N-dealkylation sites (tertiary alicyclic amines) is 1. The second-order valence-corrected chi connectivity index (χ2v) is 6.96. The fraction of sp³-hybridized carbons (Fsp3) is 0.667. The van der Waals surface area contributed by atoms with Crippen LogP contribution in [0.1, 0.15) is 32.3 Å². The first-order chi connectivity index (χ1) is 11.1. The summed E-state index contributed by atoms with van der Waals surface area (Å²) in [5.74, 6) is 0.340. The number of pyridine rings is 1. The van der Waals surface area contributed by atoms with Crippen molar-refractivity contribution >= 4 is 5.91 Å². The average molecular weight is 316 g/mol. The van der Waals surface area contributed by atoms with Gasteiger partial charge in [0.25, 0.3) is 0 Å². The summed E-state index contributed by atoms with van der Waals surface area (Å²) in [6.07, 6.45) is 5.91. The molecule has 2 fully saturated rings. The van der Waals surface area contributed by atoms with Gasteiger partial charge in [-0.2, -0.15) is 0 Å². The number of piperidine rings is 1. The maximum absolute atomic E-state index is 12.7. The number of hydrogen-bond acceptors (Lipinski definition) is 4. The van der Waals surface area contributed by atoms with Gasteiger partial charge in [0.15, 0.2) is 0 Å². The van der Waals surface area contributed by atoms with E-state index in [0.717, 1.165) is 52.1 Å². The third-order valence-corrected chi connectivity index (χ3v) is 5.04. The molecular formula is C18H28N4O. The van der Waals surface area contributed by atoms with Crippen molar-refractivity contribution in [3.05, 3.63) is 30.1 Å². The van der Waals surface area contributed by atoms with Crippen molar-refractivity contribution in [2.45, 2.75) is 45.3 Å². The molecule has 23 heavy (non-hydrogen) atoms. The minimum absolute atomic E-state index is 0.103. The molecular weight excluding hydrogens is 288 g/mol. The first-order valence-corrected chi connectivity index (χ1v) is 8.81. The number of piperazine rings is 1. The van der Waals surface area contributed by atoms with Crippen LogP contribution in [0.5, 0.6) is 0 Å². The summed E-state index contributed by atoms with van der Waals surface area (Å²) >= 11 is 0. The molecule has 2 saturated heterocycles. The lowest BCUT2D eigenvalue weighted by Gasteiger charge is -2.43. The molecule has 0 N–H and O–H groups in total. The van der Waals surface area contributed by atoms with Crippen LogP contribution in [0.4, 0.5) is 0 Å². The number of amides is 1. The van der Waals surface area contributed by atoms with E-state index >= 15 is 0 Å². The number of carbonyl (C=O) groups is 1. The van der Waals surface area contributed by atoms with Crippen LogP contribution in [0.25, 0.3) is 0 Å². The van der Waals surface area contributed by atoms with Gasteiger partial charge in [0.05, 0.1) is 6.04 Å². The van der Waals surface area contributed by atoms with Crippen LogP contribution in [-0.2, 0) is 11.3 Å². The average Bonchev–Trinajstić information content (AvgIpc) is 2.57. The van der Waals surface area contributed by atoms with E-state index in [1.165, 1.54) is 5.56 Å². The van der Waals surface area contributed by atoms with Crippen molar-refractivity contribution in [1.29, 1.82) is 0 Å². The van der Waals surface area contributed by atoms with Crippen molar-refractivity contribution in [2.24, 2.45) is 0 Å². The van der Waals surface area contributed by atoms with Gasteiger partial charge in [-0.05, 0) is 38.3 Å². The molecule has 0 radical (unpaired) electrons. The molecule has 1 unspecified atom stereocenters. The van der Waals surface area contributed by atoms with E-state index in [0.29, 0.717) is 11.9 Å². The SMILES string of the molecule is CC(C)N1CCCC(N2CCN(Cc3cccnc3)CC2)C1=O. The van der Waals surface area contributed by atoms with E-state index in [2.05, 4.69) is 39.6 Å². The molecule has 3 rings (SSSR count). The zero-order valence-corrected chi connectivity index (χ0v) is 14.3. The van der Waals surface area contributed by atoms with Crippen molar-refractivity contribution < 1.29 is 4.79 Å². The lowest BCUT2D eigenvalue weighted by molar-refractivity contribution is -0.143.